The lowest BCUT2D eigenvalue weighted by atomic mass is 9.99. The zero-order valence-electron chi connectivity index (χ0n) is 6.21. The van der Waals surface area contributed by atoms with Gasteiger partial charge in [-0.05, 0) is 6.92 Å². The molecule has 5 atom stereocenters. The average Bonchev–Trinajstić information content (AvgIpc) is 1.97. The maximum Gasteiger partial charge on any atom is 0.135 e. The van der Waals surface area contributed by atoms with Crippen LogP contribution < -0.4 is 5.73 Å². The Bertz CT molecular complexity index is 129. The van der Waals surface area contributed by atoms with Crippen molar-refractivity contribution in [3.63, 3.8) is 0 Å². The third-order valence-electron chi connectivity index (χ3n) is 1.89. The number of aliphatic hydroxyl groups excluding tert-OH is 3. The van der Waals surface area contributed by atoms with Crippen LogP contribution in [0.5, 0.6) is 0 Å². The van der Waals surface area contributed by atoms with Gasteiger partial charge in [-0.2, -0.15) is 0 Å². The number of nitrogens with two attached hydrogens (primary N) is 1. The Labute approximate surface area is 64.4 Å². The van der Waals surface area contributed by atoms with E-state index in [0.29, 0.717) is 0 Å². The van der Waals surface area contributed by atoms with Crippen LogP contribution in [0.4, 0.5) is 0 Å². The highest BCUT2D eigenvalue weighted by molar-refractivity contribution is 4.87. The highest BCUT2D eigenvalue weighted by atomic mass is 16.5. The van der Waals surface area contributed by atoms with E-state index in [1.54, 1.807) is 6.92 Å². The van der Waals surface area contributed by atoms with Gasteiger partial charge in [0, 0.05) is 0 Å². The molecule has 0 spiro atoms. The first-order valence-electron chi connectivity index (χ1n) is 3.49. The molecule has 0 saturated carbocycles. The number of hydrogen-bond donors (Lipinski definition) is 4. The molecule has 1 aliphatic heterocycles. The Morgan fingerprint density at radius 1 is 1.09 bits per heavy atom. The van der Waals surface area contributed by atoms with E-state index in [4.69, 9.17) is 25.8 Å². The maximum absolute atomic E-state index is 9.14. The van der Waals surface area contributed by atoms with E-state index in [1.807, 2.05) is 0 Å². The molecule has 0 aromatic carbocycles. The summed E-state index contributed by atoms with van der Waals surface area (Å²) in [6, 6.07) is 0. The van der Waals surface area contributed by atoms with E-state index < -0.39 is 30.6 Å². The number of aliphatic hydroxyl groups is 3. The summed E-state index contributed by atoms with van der Waals surface area (Å²) in [4.78, 5) is 0. The van der Waals surface area contributed by atoms with Crippen molar-refractivity contribution in [2.24, 2.45) is 5.73 Å². The van der Waals surface area contributed by atoms with Gasteiger partial charge in [0.25, 0.3) is 0 Å². The van der Waals surface area contributed by atoms with E-state index in [-0.39, 0.29) is 0 Å². The molecule has 0 aromatic heterocycles. The van der Waals surface area contributed by atoms with E-state index in [0.717, 1.165) is 0 Å². The largest absolute Gasteiger partial charge is 0.388 e. The smallest absolute Gasteiger partial charge is 0.135 e. The topological polar surface area (TPSA) is 95.9 Å². The van der Waals surface area contributed by atoms with Crippen LogP contribution in [0.3, 0.4) is 0 Å². The van der Waals surface area contributed by atoms with Crippen molar-refractivity contribution in [2.45, 2.75) is 37.6 Å². The monoisotopic (exact) mass is 163 g/mol. The van der Waals surface area contributed by atoms with Gasteiger partial charge in [-0.15, -0.1) is 0 Å². The molecule has 0 radical (unpaired) electrons. The molecule has 0 unspecified atom stereocenters. The van der Waals surface area contributed by atoms with Gasteiger partial charge >= 0.3 is 0 Å². The highest BCUT2D eigenvalue weighted by Crippen LogP contribution is 2.17. The summed E-state index contributed by atoms with van der Waals surface area (Å²) in [6.45, 7) is 1.58. The first-order chi connectivity index (χ1) is 5.04. The lowest BCUT2D eigenvalue weighted by Gasteiger charge is -2.37. The Kier molecular flexibility index (Phi) is 2.46. The van der Waals surface area contributed by atoms with Crippen molar-refractivity contribution in [3.05, 3.63) is 0 Å². The molecule has 5 N–H and O–H groups in total. The van der Waals surface area contributed by atoms with Crippen LogP contribution in [0, 0.1) is 0 Å². The van der Waals surface area contributed by atoms with Gasteiger partial charge in [0.2, 0.25) is 0 Å². The van der Waals surface area contributed by atoms with Crippen LogP contribution in [-0.4, -0.2) is 46.0 Å². The number of ether oxygens (including phenoxy) is 1. The van der Waals surface area contributed by atoms with E-state index >= 15 is 0 Å². The predicted octanol–water partition coefficient (Wildman–Crippen LogP) is -2.23. The third kappa shape index (κ3) is 1.52. The van der Waals surface area contributed by atoms with Crippen molar-refractivity contribution in [2.75, 3.05) is 0 Å². The first kappa shape index (κ1) is 8.89. The Hall–Kier alpha value is -0.200. The van der Waals surface area contributed by atoms with Crippen LogP contribution >= 0.6 is 0 Å². The van der Waals surface area contributed by atoms with Gasteiger partial charge in [-0.25, -0.2) is 0 Å². The fraction of sp³-hybridized carbons (Fsp3) is 1.00. The van der Waals surface area contributed by atoms with Crippen LogP contribution in [0.15, 0.2) is 0 Å². The normalized spacial score (nSPS) is 52.6. The van der Waals surface area contributed by atoms with Crippen molar-refractivity contribution < 1.29 is 20.1 Å². The van der Waals surface area contributed by atoms with Crippen LogP contribution in [-0.2, 0) is 4.74 Å². The molecule has 0 aliphatic carbocycles. The lowest BCUT2D eigenvalue weighted by molar-refractivity contribution is -0.215. The molecule has 1 rings (SSSR count). The summed E-state index contributed by atoms with van der Waals surface area (Å²) in [5, 5.41) is 27.3. The number of rotatable bonds is 0. The average molecular weight is 163 g/mol. The van der Waals surface area contributed by atoms with Gasteiger partial charge in [0.05, 0.1) is 6.10 Å². The molecule has 11 heavy (non-hydrogen) atoms. The fourth-order valence-electron chi connectivity index (χ4n) is 1.08. The Balaban J connectivity index is 2.63. The maximum atomic E-state index is 9.14. The molecule has 0 amide bonds. The van der Waals surface area contributed by atoms with Crippen molar-refractivity contribution in [1.82, 2.24) is 0 Å². The molecule has 1 saturated heterocycles. The highest BCUT2D eigenvalue weighted by Gasteiger charge is 2.39. The summed E-state index contributed by atoms with van der Waals surface area (Å²) < 4.78 is 4.90. The Morgan fingerprint density at radius 2 is 1.64 bits per heavy atom. The van der Waals surface area contributed by atoms with Crippen molar-refractivity contribution in [1.29, 1.82) is 0 Å². The summed E-state index contributed by atoms with van der Waals surface area (Å²) in [5.74, 6) is 0. The second-order valence-electron chi connectivity index (χ2n) is 2.78. The molecule has 0 aromatic rings. The van der Waals surface area contributed by atoms with E-state index in [2.05, 4.69) is 0 Å². The second kappa shape index (κ2) is 3.04. The molecule has 1 aliphatic rings. The molecule has 1 fully saturated rings. The molecule has 1 heterocycles. The van der Waals surface area contributed by atoms with E-state index in [1.165, 1.54) is 0 Å². The third-order valence-corrected chi connectivity index (χ3v) is 1.89. The first-order valence-corrected chi connectivity index (χ1v) is 3.49. The van der Waals surface area contributed by atoms with Gasteiger partial charge < -0.3 is 25.8 Å². The van der Waals surface area contributed by atoms with E-state index in [9.17, 15) is 0 Å². The molecule has 5 nitrogen and oxygen atoms in total. The summed E-state index contributed by atoms with van der Waals surface area (Å²) in [5.41, 5.74) is 5.28. The zero-order chi connectivity index (χ0) is 8.59. The molecule has 0 bridgehead atoms. The minimum absolute atomic E-state index is 0.539. The zero-order valence-corrected chi connectivity index (χ0v) is 6.21. The molecule has 66 valence electrons. The van der Waals surface area contributed by atoms with Gasteiger partial charge in [-0.3, -0.25) is 0 Å². The second-order valence-corrected chi connectivity index (χ2v) is 2.78. The molecular weight excluding hydrogens is 150 g/mol. The summed E-state index contributed by atoms with van der Waals surface area (Å²) in [7, 11) is 0. The SMILES string of the molecule is C[C@H]1O[C@H](N)[C@H](O)[C@@H](O)[C@@H]1O. The Morgan fingerprint density at radius 3 is 2.18 bits per heavy atom. The standard InChI is InChI=1S/C6H13NO4/c1-2-3(8)4(9)5(10)6(7)11-2/h2-6,8-10H,7H2,1H3/t2-,3-,4+,5-,6+/m1/s1. The quantitative estimate of drug-likeness (QED) is 0.324. The molecule has 5 heteroatoms. The number of hydrogen-bond acceptors (Lipinski definition) is 5. The minimum Gasteiger partial charge on any atom is -0.388 e. The fourth-order valence-corrected chi connectivity index (χ4v) is 1.08. The van der Waals surface area contributed by atoms with Crippen LogP contribution in [0.25, 0.3) is 0 Å². The van der Waals surface area contributed by atoms with Crippen LogP contribution in [0.1, 0.15) is 6.92 Å². The van der Waals surface area contributed by atoms with Crippen molar-refractivity contribution >= 4 is 0 Å². The van der Waals surface area contributed by atoms with Crippen molar-refractivity contribution in [3.8, 4) is 0 Å². The predicted molar refractivity (Wildman–Crippen MR) is 36.5 cm³/mol. The van der Waals surface area contributed by atoms with Gasteiger partial charge in [0.1, 0.15) is 24.5 Å². The van der Waals surface area contributed by atoms with Gasteiger partial charge in [-0.1, -0.05) is 0 Å². The minimum atomic E-state index is -1.21. The van der Waals surface area contributed by atoms with Gasteiger partial charge in [0.15, 0.2) is 0 Å². The summed E-state index contributed by atoms with van der Waals surface area (Å²) >= 11 is 0. The lowest BCUT2D eigenvalue weighted by Crippen LogP contribution is -2.59. The summed E-state index contributed by atoms with van der Waals surface area (Å²) in [6.07, 6.45) is -4.94. The van der Waals surface area contributed by atoms with Crippen LogP contribution in [0.2, 0.25) is 0 Å². The molecular formula is C6H13NO4.